The van der Waals surface area contributed by atoms with Gasteiger partial charge in [-0.25, -0.2) is 4.79 Å². The van der Waals surface area contributed by atoms with Gasteiger partial charge in [0.25, 0.3) is 0 Å². The third kappa shape index (κ3) is 6.42. The summed E-state index contributed by atoms with van der Waals surface area (Å²) in [6.45, 7) is 9.03. The van der Waals surface area contributed by atoms with Gasteiger partial charge in [-0.3, -0.25) is 9.69 Å². The number of allylic oxidation sites excluding steroid dienone is 1. The van der Waals surface area contributed by atoms with Crippen molar-refractivity contribution in [3.05, 3.63) is 46.7 Å². The van der Waals surface area contributed by atoms with Crippen LogP contribution < -0.4 is 9.47 Å². The van der Waals surface area contributed by atoms with Crippen LogP contribution in [0, 0.1) is 0 Å². The molecule has 0 aromatic heterocycles. The molecular weight excluding hydrogens is 554 g/mol. The molecule has 3 aliphatic heterocycles. The second-order valence-corrected chi connectivity index (χ2v) is 13.1. The highest BCUT2D eigenvalue weighted by atomic mass is 16.7. The minimum atomic E-state index is -2.15. The number of aliphatic hydroxyl groups is 2. The van der Waals surface area contributed by atoms with Crippen molar-refractivity contribution >= 4 is 11.9 Å². The molecule has 1 saturated heterocycles. The highest BCUT2D eigenvalue weighted by Gasteiger charge is 2.59. The Morgan fingerprint density at radius 3 is 2.58 bits per heavy atom. The van der Waals surface area contributed by atoms with E-state index in [0.29, 0.717) is 30.1 Å². The number of fused-ring (bicyclic) bond motifs is 3. The number of rotatable bonds is 11. The number of benzene rings is 1. The smallest absolute Gasteiger partial charge is 0.339 e. The van der Waals surface area contributed by atoms with Crippen LogP contribution in [0.4, 0.5) is 0 Å². The van der Waals surface area contributed by atoms with Crippen LogP contribution in [0.15, 0.2) is 35.6 Å². The molecule has 1 fully saturated rings. The maximum Gasteiger partial charge on any atom is 0.339 e. The van der Waals surface area contributed by atoms with E-state index in [1.165, 1.54) is 0 Å². The molecule has 5 rings (SSSR count). The highest BCUT2D eigenvalue weighted by Crippen LogP contribution is 2.55. The molecule has 2 N–H and O–H groups in total. The number of carbonyl (C=O) groups excluding carboxylic acids is 2. The van der Waals surface area contributed by atoms with Crippen molar-refractivity contribution in [1.82, 2.24) is 4.90 Å². The average molecular weight is 600 g/mol. The van der Waals surface area contributed by atoms with Crippen LogP contribution >= 0.6 is 0 Å². The molecule has 0 amide bonds. The predicted molar refractivity (Wildman–Crippen MR) is 158 cm³/mol. The Morgan fingerprint density at radius 2 is 1.88 bits per heavy atom. The summed E-state index contributed by atoms with van der Waals surface area (Å²) in [6, 6.07) is 4.02. The van der Waals surface area contributed by atoms with Crippen LogP contribution in [-0.4, -0.2) is 83.5 Å². The molecule has 4 atom stereocenters. The van der Waals surface area contributed by atoms with Gasteiger partial charge in [0, 0.05) is 6.54 Å². The summed E-state index contributed by atoms with van der Waals surface area (Å²) in [5, 5.41) is 22.0. The number of carbonyl (C=O) groups is 2. The molecule has 1 spiro atoms. The van der Waals surface area contributed by atoms with E-state index in [9.17, 15) is 19.8 Å². The van der Waals surface area contributed by atoms with E-state index in [2.05, 4.69) is 11.0 Å². The first-order valence-electron chi connectivity index (χ1n) is 15.2. The van der Waals surface area contributed by atoms with Crippen LogP contribution in [0.3, 0.4) is 0 Å². The lowest BCUT2D eigenvalue weighted by atomic mass is 9.77. The summed E-state index contributed by atoms with van der Waals surface area (Å²) < 4.78 is 28.8. The molecule has 10 nitrogen and oxygen atoms in total. The molecule has 43 heavy (non-hydrogen) atoms. The lowest BCUT2D eigenvalue weighted by Crippen LogP contribution is -2.49. The molecule has 0 bridgehead atoms. The van der Waals surface area contributed by atoms with Crippen LogP contribution in [-0.2, 0) is 30.2 Å². The van der Waals surface area contributed by atoms with Crippen molar-refractivity contribution in [2.75, 3.05) is 33.6 Å². The van der Waals surface area contributed by atoms with E-state index in [1.807, 2.05) is 26.0 Å². The van der Waals surface area contributed by atoms with Gasteiger partial charge in [0.1, 0.15) is 12.4 Å². The average Bonchev–Trinajstić information content (AvgIpc) is 3.61. The van der Waals surface area contributed by atoms with E-state index < -0.39 is 41.2 Å². The van der Waals surface area contributed by atoms with E-state index in [1.54, 1.807) is 27.0 Å². The zero-order valence-corrected chi connectivity index (χ0v) is 25.9. The molecule has 0 saturated carbocycles. The van der Waals surface area contributed by atoms with Crippen molar-refractivity contribution in [2.45, 2.75) is 101 Å². The quantitative estimate of drug-likeness (QED) is 0.286. The number of nitrogens with zero attached hydrogens (tertiary/aromatic N) is 1. The molecule has 2 unspecified atom stereocenters. The van der Waals surface area contributed by atoms with Gasteiger partial charge in [0.15, 0.2) is 23.2 Å². The molecule has 10 heteroatoms. The topological polar surface area (TPSA) is 124 Å². The lowest BCUT2D eigenvalue weighted by Gasteiger charge is -2.39. The monoisotopic (exact) mass is 599 g/mol. The third-order valence-corrected chi connectivity index (χ3v) is 9.13. The molecule has 4 aliphatic rings. The summed E-state index contributed by atoms with van der Waals surface area (Å²) in [5.41, 5.74) is -0.508. The second kappa shape index (κ2) is 12.1. The Bertz CT molecular complexity index is 1290. The first-order valence-corrected chi connectivity index (χ1v) is 15.2. The fourth-order valence-corrected chi connectivity index (χ4v) is 6.99. The number of hydrogen-bond donors (Lipinski definition) is 2. The molecule has 0 radical (unpaired) electrons. The van der Waals surface area contributed by atoms with Crippen molar-refractivity contribution in [3.8, 4) is 11.5 Å². The summed E-state index contributed by atoms with van der Waals surface area (Å²) in [6.07, 6.45) is 5.63. The van der Waals surface area contributed by atoms with Gasteiger partial charge >= 0.3 is 11.9 Å². The van der Waals surface area contributed by atoms with Gasteiger partial charge in [-0.05, 0) is 108 Å². The van der Waals surface area contributed by atoms with E-state index >= 15 is 0 Å². The van der Waals surface area contributed by atoms with Crippen LogP contribution in [0.25, 0.3) is 0 Å². The number of esters is 2. The molecule has 236 valence electrons. The number of methoxy groups -OCH3 is 1. The molecule has 1 aromatic carbocycles. The summed E-state index contributed by atoms with van der Waals surface area (Å²) in [4.78, 5) is 29.3. The van der Waals surface area contributed by atoms with Gasteiger partial charge in [0.05, 0.1) is 30.6 Å². The van der Waals surface area contributed by atoms with Crippen LogP contribution in [0.5, 0.6) is 11.5 Å². The predicted octanol–water partition coefficient (Wildman–Crippen LogP) is 3.92. The molecule has 3 heterocycles. The Balaban J connectivity index is 1.46. The van der Waals surface area contributed by atoms with Crippen molar-refractivity contribution in [1.29, 1.82) is 0 Å². The maximum absolute atomic E-state index is 14.0. The van der Waals surface area contributed by atoms with Gasteiger partial charge < -0.3 is 33.9 Å². The highest BCUT2D eigenvalue weighted by molar-refractivity contribution is 5.86. The van der Waals surface area contributed by atoms with Gasteiger partial charge in [0.2, 0.25) is 6.79 Å². The fourth-order valence-electron chi connectivity index (χ4n) is 6.99. The fraction of sp³-hybridized carbons (Fsp3) is 0.636. The Kier molecular flexibility index (Phi) is 8.84. The molecule has 1 aliphatic carbocycles. The van der Waals surface area contributed by atoms with E-state index in [-0.39, 0.29) is 25.7 Å². The Morgan fingerprint density at radius 1 is 1.14 bits per heavy atom. The lowest BCUT2D eigenvalue weighted by molar-refractivity contribution is -0.179. The van der Waals surface area contributed by atoms with Gasteiger partial charge in [-0.1, -0.05) is 5.57 Å². The number of hydrogen-bond acceptors (Lipinski definition) is 10. The first-order chi connectivity index (χ1) is 20.3. The standard InChI is InChI=1S/C33H45NO9/c1-21(2)9-15-40-27(35)19-33(38,12-6-10-31(3,4)37)30(36)43-29-26(39-5)18-32-11-7-13-34(32)14-8-22-16-24-25(42-20-41-24)17-23(22)28(29)32/h9,16-18,28-29,37-38H,6-8,10-15,19-20H2,1-5H3/t28-,29?,32+,33?/m1/s1. The largest absolute Gasteiger partial charge is 0.497 e. The van der Waals surface area contributed by atoms with Crippen LogP contribution in [0.2, 0.25) is 0 Å². The van der Waals surface area contributed by atoms with Gasteiger partial charge in [-0.2, -0.15) is 0 Å². The summed E-state index contributed by atoms with van der Waals surface area (Å²) in [7, 11) is 1.56. The summed E-state index contributed by atoms with van der Waals surface area (Å²) >= 11 is 0. The second-order valence-electron chi connectivity index (χ2n) is 13.1. The minimum absolute atomic E-state index is 0.0441. The normalized spacial score (nSPS) is 25.4. The minimum Gasteiger partial charge on any atom is -0.497 e. The van der Waals surface area contributed by atoms with Crippen molar-refractivity contribution < 1.29 is 43.5 Å². The number of ether oxygens (including phenoxy) is 5. The first kappa shape index (κ1) is 31.3. The third-order valence-electron chi connectivity index (χ3n) is 9.13. The molecule has 1 aromatic rings. The molecular formula is C33H45NO9. The van der Waals surface area contributed by atoms with Crippen molar-refractivity contribution in [3.63, 3.8) is 0 Å². The summed E-state index contributed by atoms with van der Waals surface area (Å²) in [5.74, 6) is -0.0665. The van der Waals surface area contributed by atoms with E-state index in [4.69, 9.17) is 23.7 Å². The zero-order chi connectivity index (χ0) is 31.0. The van der Waals surface area contributed by atoms with E-state index in [0.717, 1.165) is 49.1 Å². The SMILES string of the molecule is COC1=C[C@]23CCCN2CCc2cc4c(cc2[C@@H]3C1OC(=O)C(O)(CCCC(C)(C)O)CC(=O)OCC=C(C)C)OCO4. The zero-order valence-electron chi connectivity index (χ0n) is 25.9. The Labute approximate surface area is 253 Å². The maximum atomic E-state index is 14.0. The van der Waals surface area contributed by atoms with Gasteiger partial charge in [-0.15, -0.1) is 0 Å². The van der Waals surface area contributed by atoms with Crippen LogP contribution in [0.1, 0.15) is 83.3 Å². The van der Waals surface area contributed by atoms with Crippen molar-refractivity contribution in [2.24, 2.45) is 0 Å². The Hall–Kier alpha value is -3.08.